The van der Waals surface area contributed by atoms with Crippen LogP contribution in [0.4, 0.5) is 5.69 Å². The summed E-state index contributed by atoms with van der Waals surface area (Å²) in [4.78, 5) is 12.2. The summed E-state index contributed by atoms with van der Waals surface area (Å²) >= 11 is 6.17. The first-order chi connectivity index (χ1) is 12.0. The molecule has 0 bridgehead atoms. The zero-order chi connectivity index (χ0) is 17.6. The van der Waals surface area contributed by atoms with Crippen molar-refractivity contribution in [2.45, 2.75) is 30.2 Å². The second-order valence-electron chi connectivity index (χ2n) is 6.35. The molecule has 0 spiro atoms. The number of sulfonamides is 1. The van der Waals surface area contributed by atoms with Gasteiger partial charge in [-0.3, -0.25) is 9.10 Å². The van der Waals surface area contributed by atoms with E-state index in [0.29, 0.717) is 24.2 Å². The van der Waals surface area contributed by atoms with E-state index >= 15 is 0 Å². The second kappa shape index (κ2) is 6.04. The van der Waals surface area contributed by atoms with Crippen LogP contribution in [0.5, 0.6) is 0 Å². The van der Waals surface area contributed by atoms with Crippen molar-refractivity contribution in [1.82, 2.24) is 5.32 Å². The van der Waals surface area contributed by atoms with Gasteiger partial charge in [0.05, 0.1) is 10.7 Å². The van der Waals surface area contributed by atoms with Gasteiger partial charge >= 0.3 is 0 Å². The van der Waals surface area contributed by atoms with Gasteiger partial charge in [0.15, 0.2) is 0 Å². The molecular weight excluding hydrogens is 360 g/mol. The highest BCUT2D eigenvalue weighted by molar-refractivity contribution is 7.93. The molecule has 1 aliphatic carbocycles. The maximum atomic E-state index is 13.1. The molecule has 5 nitrogen and oxygen atoms in total. The van der Waals surface area contributed by atoms with Gasteiger partial charge in [-0.1, -0.05) is 29.8 Å². The number of para-hydroxylation sites is 1. The third-order valence-corrected chi connectivity index (χ3v) is 6.81. The number of hydrogen-bond donors (Lipinski definition) is 1. The summed E-state index contributed by atoms with van der Waals surface area (Å²) in [5.41, 5.74) is 1.97. The van der Waals surface area contributed by atoms with Crippen molar-refractivity contribution in [3.8, 4) is 0 Å². The lowest BCUT2D eigenvalue weighted by Gasteiger charge is -2.20. The molecule has 0 aromatic heterocycles. The molecule has 0 radical (unpaired) electrons. The second-order valence-corrected chi connectivity index (χ2v) is 8.59. The molecule has 2 aromatic rings. The molecule has 1 saturated carbocycles. The standard InChI is InChI=1S/C18H17ClN2O3S/c19-15-8-5-13(18(22)20-14-6-7-14)11-17(15)25(23,24)21-10-9-12-3-1-2-4-16(12)21/h1-5,8,11,14H,6-7,9-10H2,(H,20,22). The number of carbonyl (C=O) groups is 1. The third-order valence-electron chi connectivity index (χ3n) is 4.52. The Labute approximate surface area is 151 Å². The monoisotopic (exact) mass is 376 g/mol. The number of hydrogen-bond acceptors (Lipinski definition) is 3. The number of nitrogens with one attached hydrogen (secondary N) is 1. The average Bonchev–Trinajstić information content (AvgIpc) is 3.29. The highest BCUT2D eigenvalue weighted by Gasteiger charge is 2.33. The third kappa shape index (κ3) is 3.00. The fourth-order valence-corrected chi connectivity index (χ4v) is 5.02. The molecule has 130 valence electrons. The highest BCUT2D eigenvalue weighted by atomic mass is 35.5. The molecule has 0 saturated heterocycles. The molecule has 1 amide bonds. The molecule has 25 heavy (non-hydrogen) atoms. The Kier molecular flexibility index (Phi) is 3.96. The fourth-order valence-electron chi connectivity index (χ4n) is 3.02. The van der Waals surface area contributed by atoms with Crippen LogP contribution in [-0.4, -0.2) is 26.9 Å². The van der Waals surface area contributed by atoms with Gasteiger partial charge in [0.25, 0.3) is 15.9 Å². The van der Waals surface area contributed by atoms with Gasteiger partial charge in [0.2, 0.25) is 0 Å². The minimum Gasteiger partial charge on any atom is -0.349 e. The number of anilines is 1. The summed E-state index contributed by atoms with van der Waals surface area (Å²) in [5.74, 6) is -0.266. The normalized spacial score (nSPS) is 16.6. The summed E-state index contributed by atoms with van der Waals surface area (Å²) in [7, 11) is -3.83. The number of carbonyl (C=O) groups excluding carboxylic acids is 1. The van der Waals surface area contributed by atoms with Gasteiger partial charge in [0, 0.05) is 18.2 Å². The van der Waals surface area contributed by atoms with E-state index in [9.17, 15) is 13.2 Å². The van der Waals surface area contributed by atoms with E-state index in [2.05, 4.69) is 5.32 Å². The van der Waals surface area contributed by atoms with Gasteiger partial charge < -0.3 is 5.32 Å². The number of halogens is 1. The average molecular weight is 377 g/mol. The first-order valence-electron chi connectivity index (χ1n) is 8.18. The van der Waals surface area contributed by atoms with Crippen LogP contribution in [-0.2, 0) is 16.4 Å². The lowest BCUT2D eigenvalue weighted by molar-refractivity contribution is 0.0951. The molecular formula is C18H17ClN2O3S. The van der Waals surface area contributed by atoms with Gasteiger partial charge in [-0.05, 0) is 49.1 Å². The quantitative estimate of drug-likeness (QED) is 0.892. The Balaban J connectivity index is 1.72. The maximum absolute atomic E-state index is 13.1. The minimum absolute atomic E-state index is 0.0330. The van der Waals surface area contributed by atoms with Crippen LogP contribution in [0.25, 0.3) is 0 Å². The van der Waals surface area contributed by atoms with E-state index < -0.39 is 10.0 Å². The highest BCUT2D eigenvalue weighted by Crippen LogP contribution is 2.35. The van der Waals surface area contributed by atoms with Crippen LogP contribution < -0.4 is 9.62 Å². The van der Waals surface area contributed by atoms with Crippen LogP contribution in [0.3, 0.4) is 0 Å². The number of nitrogens with zero attached hydrogens (tertiary/aromatic N) is 1. The summed E-state index contributed by atoms with van der Waals surface area (Å²) in [6.07, 6.45) is 2.60. The van der Waals surface area contributed by atoms with E-state index in [0.717, 1.165) is 18.4 Å². The van der Waals surface area contributed by atoms with Crippen LogP contribution in [0.15, 0.2) is 47.4 Å². The summed E-state index contributed by atoms with van der Waals surface area (Å²) in [5, 5.41) is 2.98. The van der Waals surface area contributed by atoms with E-state index in [-0.39, 0.29) is 21.9 Å². The van der Waals surface area contributed by atoms with Crippen molar-refractivity contribution in [1.29, 1.82) is 0 Å². The van der Waals surface area contributed by atoms with Gasteiger partial charge in [0.1, 0.15) is 4.90 Å². The zero-order valence-corrected chi connectivity index (χ0v) is 15.0. The molecule has 4 rings (SSSR count). The van der Waals surface area contributed by atoms with Crippen molar-refractivity contribution < 1.29 is 13.2 Å². The maximum Gasteiger partial charge on any atom is 0.265 e. The molecule has 7 heteroatoms. The molecule has 1 aliphatic heterocycles. The molecule has 0 unspecified atom stereocenters. The van der Waals surface area contributed by atoms with Crippen molar-refractivity contribution in [3.63, 3.8) is 0 Å². The predicted molar refractivity (Wildman–Crippen MR) is 96.6 cm³/mol. The van der Waals surface area contributed by atoms with Crippen LogP contribution in [0.2, 0.25) is 5.02 Å². The summed E-state index contributed by atoms with van der Waals surface area (Å²) in [6, 6.07) is 12.0. The fraction of sp³-hybridized carbons (Fsp3) is 0.278. The Bertz CT molecular complexity index is 955. The number of rotatable bonds is 4. The van der Waals surface area contributed by atoms with Crippen LogP contribution >= 0.6 is 11.6 Å². The molecule has 1 N–H and O–H groups in total. The summed E-state index contributed by atoms with van der Waals surface area (Å²) in [6.45, 7) is 0.372. The molecule has 2 aliphatic rings. The van der Waals surface area contributed by atoms with Crippen LogP contribution in [0.1, 0.15) is 28.8 Å². The van der Waals surface area contributed by atoms with E-state index in [1.807, 2.05) is 18.2 Å². The van der Waals surface area contributed by atoms with Crippen molar-refractivity contribution in [2.75, 3.05) is 10.8 Å². The van der Waals surface area contributed by atoms with E-state index in [4.69, 9.17) is 11.6 Å². The molecule has 1 fully saturated rings. The SMILES string of the molecule is O=C(NC1CC1)c1ccc(Cl)c(S(=O)(=O)N2CCc3ccccc32)c1. The Morgan fingerprint density at radius 2 is 1.92 bits per heavy atom. The predicted octanol–water partition coefficient (Wildman–Crippen LogP) is 2.98. The Morgan fingerprint density at radius 1 is 1.16 bits per heavy atom. The Morgan fingerprint density at radius 3 is 2.68 bits per heavy atom. The number of benzene rings is 2. The molecule has 1 heterocycles. The van der Waals surface area contributed by atoms with Crippen molar-refractivity contribution >= 4 is 33.2 Å². The first-order valence-corrected chi connectivity index (χ1v) is 10.00. The van der Waals surface area contributed by atoms with Gasteiger partial charge in [-0.15, -0.1) is 0 Å². The van der Waals surface area contributed by atoms with Crippen molar-refractivity contribution in [3.05, 3.63) is 58.6 Å². The van der Waals surface area contributed by atoms with Gasteiger partial charge in [-0.2, -0.15) is 0 Å². The minimum atomic E-state index is -3.83. The molecule has 0 atom stereocenters. The number of amides is 1. The van der Waals surface area contributed by atoms with Gasteiger partial charge in [-0.25, -0.2) is 8.42 Å². The van der Waals surface area contributed by atoms with Crippen LogP contribution in [0, 0.1) is 0 Å². The van der Waals surface area contributed by atoms with Crippen molar-refractivity contribution in [2.24, 2.45) is 0 Å². The number of fused-ring (bicyclic) bond motifs is 1. The Hall–Kier alpha value is -2.05. The first kappa shape index (κ1) is 16.4. The smallest absolute Gasteiger partial charge is 0.265 e. The van der Waals surface area contributed by atoms with E-state index in [1.54, 1.807) is 12.1 Å². The largest absolute Gasteiger partial charge is 0.349 e. The topological polar surface area (TPSA) is 66.5 Å². The lowest BCUT2D eigenvalue weighted by atomic mass is 10.2. The summed E-state index contributed by atoms with van der Waals surface area (Å²) < 4.78 is 27.6. The lowest BCUT2D eigenvalue weighted by Crippen LogP contribution is -2.30. The zero-order valence-electron chi connectivity index (χ0n) is 13.4. The molecule has 2 aromatic carbocycles. The van der Waals surface area contributed by atoms with E-state index in [1.165, 1.54) is 16.4 Å².